The molecule has 1 aliphatic rings. The summed E-state index contributed by atoms with van der Waals surface area (Å²) in [5.74, 6) is 0. The van der Waals surface area contributed by atoms with Crippen molar-refractivity contribution in [1.29, 1.82) is 0 Å². The van der Waals surface area contributed by atoms with Gasteiger partial charge >= 0.3 is 6.09 Å². The summed E-state index contributed by atoms with van der Waals surface area (Å²) >= 11 is 0. The van der Waals surface area contributed by atoms with Crippen molar-refractivity contribution in [1.82, 2.24) is 5.32 Å². The molecule has 1 heterocycles. The van der Waals surface area contributed by atoms with Gasteiger partial charge in [-0.3, -0.25) is 5.32 Å². The highest BCUT2D eigenvalue weighted by atomic mass is 16.4. The number of nitrogens with one attached hydrogen (secondary N) is 2. The van der Waals surface area contributed by atoms with E-state index >= 15 is 0 Å². The van der Waals surface area contributed by atoms with Crippen LogP contribution in [-0.2, 0) is 0 Å². The number of nitrogens with zero attached hydrogens (tertiary/aromatic N) is 1. The molecule has 0 bridgehead atoms. The second kappa shape index (κ2) is 4.85. The standard InChI is InChI=1S/C11H15N3O2/c15-11(16)13-9-1-3-10(4-2-9)14-7-5-12-6-8-14/h1-4,12-13H,5-8H2,(H,15,16). The van der Waals surface area contributed by atoms with E-state index in [9.17, 15) is 4.79 Å². The minimum atomic E-state index is -1.03. The second-order valence-electron chi connectivity index (χ2n) is 3.71. The lowest BCUT2D eigenvalue weighted by Gasteiger charge is -2.29. The number of carboxylic acid groups (broad SMARTS) is 1. The van der Waals surface area contributed by atoms with Crippen molar-refractivity contribution >= 4 is 17.5 Å². The molecule has 1 amide bonds. The van der Waals surface area contributed by atoms with E-state index in [1.807, 2.05) is 12.1 Å². The highest BCUT2D eigenvalue weighted by Crippen LogP contribution is 2.18. The number of amides is 1. The van der Waals surface area contributed by atoms with Crippen molar-refractivity contribution in [3.05, 3.63) is 24.3 Å². The number of hydrogen-bond donors (Lipinski definition) is 3. The lowest BCUT2D eigenvalue weighted by atomic mass is 10.2. The van der Waals surface area contributed by atoms with Crippen LogP contribution >= 0.6 is 0 Å². The van der Waals surface area contributed by atoms with Gasteiger partial charge in [-0.2, -0.15) is 0 Å². The van der Waals surface area contributed by atoms with E-state index in [4.69, 9.17) is 5.11 Å². The Bertz CT molecular complexity index is 358. The van der Waals surface area contributed by atoms with Gasteiger partial charge in [-0.05, 0) is 24.3 Å². The van der Waals surface area contributed by atoms with Gasteiger partial charge in [0.1, 0.15) is 0 Å². The molecule has 5 nitrogen and oxygen atoms in total. The number of piperazine rings is 1. The van der Waals surface area contributed by atoms with Gasteiger partial charge in [0.15, 0.2) is 0 Å². The molecule has 2 rings (SSSR count). The van der Waals surface area contributed by atoms with Crippen LogP contribution < -0.4 is 15.5 Å². The lowest BCUT2D eigenvalue weighted by Crippen LogP contribution is -2.43. The largest absolute Gasteiger partial charge is 0.465 e. The highest BCUT2D eigenvalue weighted by Gasteiger charge is 2.09. The van der Waals surface area contributed by atoms with Crippen LogP contribution in [0.15, 0.2) is 24.3 Å². The Balaban J connectivity index is 2.03. The van der Waals surface area contributed by atoms with E-state index in [1.54, 1.807) is 12.1 Å². The second-order valence-corrected chi connectivity index (χ2v) is 3.71. The third kappa shape index (κ3) is 2.64. The van der Waals surface area contributed by atoms with Gasteiger partial charge in [0, 0.05) is 37.6 Å². The van der Waals surface area contributed by atoms with Crippen molar-refractivity contribution in [3.8, 4) is 0 Å². The van der Waals surface area contributed by atoms with Crippen LogP contribution in [-0.4, -0.2) is 37.4 Å². The van der Waals surface area contributed by atoms with Crippen molar-refractivity contribution < 1.29 is 9.90 Å². The molecule has 1 fully saturated rings. The average molecular weight is 221 g/mol. The lowest BCUT2D eigenvalue weighted by molar-refractivity contribution is 0.210. The van der Waals surface area contributed by atoms with Gasteiger partial charge < -0.3 is 15.3 Å². The fourth-order valence-corrected chi connectivity index (χ4v) is 1.80. The van der Waals surface area contributed by atoms with Crippen LogP contribution in [0, 0.1) is 0 Å². The predicted octanol–water partition coefficient (Wildman–Crippen LogP) is 1.19. The first-order valence-electron chi connectivity index (χ1n) is 5.31. The Hall–Kier alpha value is -1.75. The summed E-state index contributed by atoms with van der Waals surface area (Å²) in [6, 6.07) is 7.45. The molecule has 86 valence electrons. The molecule has 0 saturated carbocycles. The zero-order valence-electron chi connectivity index (χ0n) is 8.94. The molecule has 16 heavy (non-hydrogen) atoms. The Kier molecular flexibility index (Phi) is 3.26. The molecule has 0 aliphatic carbocycles. The maximum absolute atomic E-state index is 10.4. The molecule has 1 saturated heterocycles. The van der Waals surface area contributed by atoms with Crippen LogP contribution in [0.1, 0.15) is 0 Å². The zero-order chi connectivity index (χ0) is 11.4. The predicted molar refractivity (Wildman–Crippen MR) is 63.2 cm³/mol. The van der Waals surface area contributed by atoms with Gasteiger partial charge in [0.05, 0.1) is 0 Å². The van der Waals surface area contributed by atoms with E-state index in [1.165, 1.54) is 0 Å². The minimum Gasteiger partial charge on any atom is -0.465 e. The fraction of sp³-hybridized carbons (Fsp3) is 0.364. The Morgan fingerprint density at radius 2 is 1.88 bits per heavy atom. The molecule has 0 spiro atoms. The van der Waals surface area contributed by atoms with Crippen LogP contribution in [0.4, 0.5) is 16.2 Å². The molecule has 0 atom stereocenters. The number of rotatable bonds is 2. The summed E-state index contributed by atoms with van der Waals surface area (Å²) in [7, 11) is 0. The maximum Gasteiger partial charge on any atom is 0.409 e. The zero-order valence-corrected chi connectivity index (χ0v) is 8.94. The maximum atomic E-state index is 10.4. The van der Waals surface area contributed by atoms with E-state index < -0.39 is 6.09 Å². The monoisotopic (exact) mass is 221 g/mol. The van der Waals surface area contributed by atoms with Gasteiger partial charge in [0.2, 0.25) is 0 Å². The molecule has 1 aromatic rings. The Labute approximate surface area is 94.1 Å². The van der Waals surface area contributed by atoms with E-state index in [0.29, 0.717) is 5.69 Å². The topological polar surface area (TPSA) is 64.6 Å². The number of benzene rings is 1. The third-order valence-corrected chi connectivity index (χ3v) is 2.60. The third-order valence-electron chi connectivity index (χ3n) is 2.60. The van der Waals surface area contributed by atoms with Crippen molar-refractivity contribution in [3.63, 3.8) is 0 Å². The Morgan fingerprint density at radius 3 is 2.44 bits per heavy atom. The summed E-state index contributed by atoms with van der Waals surface area (Å²) < 4.78 is 0. The van der Waals surface area contributed by atoms with Gasteiger partial charge in [-0.25, -0.2) is 4.79 Å². The van der Waals surface area contributed by atoms with Gasteiger partial charge in [0.25, 0.3) is 0 Å². The molecule has 3 N–H and O–H groups in total. The summed E-state index contributed by atoms with van der Waals surface area (Å²) in [5.41, 5.74) is 1.74. The summed E-state index contributed by atoms with van der Waals surface area (Å²) in [4.78, 5) is 12.7. The summed E-state index contributed by atoms with van der Waals surface area (Å²) in [6.45, 7) is 3.97. The van der Waals surface area contributed by atoms with E-state index in [2.05, 4.69) is 15.5 Å². The number of anilines is 2. The number of carbonyl (C=O) groups is 1. The molecular weight excluding hydrogens is 206 g/mol. The van der Waals surface area contributed by atoms with Crippen LogP contribution in [0.3, 0.4) is 0 Å². The summed E-state index contributed by atoms with van der Waals surface area (Å²) in [5, 5.41) is 14.2. The molecule has 5 heteroatoms. The SMILES string of the molecule is O=C(O)Nc1ccc(N2CCNCC2)cc1. The van der Waals surface area contributed by atoms with E-state index in [-0.39, 0.29) is 0 Å². The molecule has 1 aromatic carbocycles. The molecule has 1 aliphatic heterocycles. The first kappa shape index (κ1) is 10.8. The summed E-state index contributed by atoms with van der Waals surface area (Å²) in [6.07, 6.45) is -1.03. The quantitative estimate of drug-likeness (QED) is 0.701. The molecule has 0 unspecified atom stereocenters. The number of hydrogen-bond acceptors (Lipinski definition) is 3. The first-order valence-corrected chi connectivity index (χ1v) is 5.31. The Morgan fingerprint density at radius 1 is 1.25 bits per heavy atom. The molecular formula is C11H15N3O2. The normalized spacial score (nSPS) is 15.9. The first-order chi connectivity index (χ1) is 7.75. The minimum absolute atomic E-state index is 0.603. The fourth-order valence-electron chi connectivity index (χ4n) is 1.80. The average Bonchev–Trinajstić information content (AvgIpc) is 2.30. The van der Waals surface area contributed by atoms with Gasteiger partial charge in [-0.1, -0.05) is 0 Å². The van der Waals surface area contributed by atoms with Crippen LogP contribution in [0.5, 0.6) is 0 Å². The molecule has 0 aromatic heterocycles. The van der Waals surface area contributed by atoms with Gasteiger partial charge in [-0.15, -0.1) is 0 Å². The van der Waals surface area contributed by atoms with Crippen molar-refractivity contribution in [2.24, 2.45) is 0 Å². The van der Waals surface area contributed by atoms with Crippen molar-refractivity contribution in [2.45, 2.75) is 0 Å². The smallest absolute Gasteiger partial charge is 0.409 e. The van der Waals surface area contributed by atoms with E-state index in [0.717, 1.165) is 31.9 Å². The van der Waals surface area contributed by atoms with Crippen molar-refractivity contribution in [2.75, 3.05) is 36.4 Å². The molecule has 0 radical (unpaired) electrons. The highest BCUT2D eigenvalue weighted by molar-refractivity contribution is 5.83. The van der Waals surface area contributed by atoms with Crippen LogP contribution in [0.25, 0.3) is 0 Å². The van der Waals surface area contributed by atoms with Crippen LogP contribution in [0.2, 0.25) is 0 Å².